The molecule has 2 N–H and O–H groups in total. The van der Waals surface area contributed by atoms with Crippen LogP contribution in [0.15, 0.2) is 60.7 Å². The average molecular weight is 326 g/mol. The van der Waals surface area contributed by atoms with Gasteiger partial charge in [0.25, 0.3) is 0 Å². The molecule has 2 rings (SSSR count). The number of hydrogen-bond donors (Lipinski definition) is 2. The first-order valence-corrected chi connectivity index (χ1v) is 7.84. The summed E-state index contributed by atoms with van der Waals surface area (Å²) in [6, 6.07) is 17.8. The quantitative estimate of drug-likeness (QED) is 0.802. The Morgan fingerprint density at radius 2 is 1.54 bits per heavy atom. The number of carbonyl (C=O) groups excluding carboxylic acids is 2. The third-order valence-corrected chi connectivity index (χ3v) is 3.72. The highest BCUT2D eigenvalue weighted by atomic mass is 16.5. The lowest BCUT2D eigenvalue weighted by molar-refractivity contribution is -0.142. The molecule has 0 heterocycles. The second-order valence-electron chi connectivity index (χ2n) is 5.52. The Kier molecular flexibility index (Phi) is 6.37. The molecule has 0 aliphatic rings. The van der Waals surface area contributed by atoms with E-state index in [0.29, 0.717) is 6.42 Å². The molecule has 24 heavy (non-hydrogen) atoms. The van der Waals surface area contributed by atoms with Crippen molar-refractivity contribution in [1.82, 2.24) is 10.6 Å². The van der Waals surface area contributed by atoms with E-state index in [9.17, 15) is 9.59 Å². The molecule has 0 aromatic heterocycles. The number of carbonyl (C=O) groups is 2. The van der Waals surface area contributed by atoms with Crippen molar-refractivity contribution in [3.8, 4) is 0 Å². The summed E-state index contributed by atoms with van der Waals surface area (Å²) in [5, 5.41) is 5.53. The monoisotopic (exact) mass is 326 g/mol. The average Bonchev–Trinajstić information content (AvgIpc) is 2.62. The van der Waals surface area contributed by atoms with Gasteiger partial charge in [-0.1, -0.05) is 60.7 Å². The lowest BCUT2D eigenvalue weighted by Gasteiger charge is -2.20. The second-order valence-corrected chi connectivity index (χ2v) is 5.52. The molecular formula is C19H22N2O3. The van der Waals surface area contributed by atoms with Crippen molar-refractivity contribution in [2.24, 2.45) is 0 Å². The zero-order valence-corrected chi connectivity index (χ0v) is 13.9. The molecular weight excluding hydrogens is 304 g/mol. The molecule has 2 amide bonds. The summed E-state index contributed by atoms with van der Waals surface area (Å²) >= 11 is 0. The minimum atomic E-state index is -0.736. The van der Waals surface area contributed by atoms with E-state index < -0.39 is 18.0 Å². The van der Waals surface area contributed by atoms with Crippen LogP contribution in [0.3, 0.4) is 0 Å². The highest BCUT2D eigenvalue weighted by Gasteiger charge is 2.22. The molecule has 0 aliphatic heterocycles. The van der Waals surface area contributed by atoms with E-state index in [1.54, 1.807) is 0 Å². The lowest BCUT2D eigenvalue weighted by Crippen LogP contribution is -2.48. The van der Waals surface area contributed by atoms with Gasteiger partial charge in [-0.3, -0.25) is 0 Å². The van der Waals surface area contributed by atoms with Gasteiger partial charge in [0.1, 0.15) is 6.04 Å². The maximum absolute atomic E-state index is 12.2. The van der Waals surface area contributed by atoms with Crippen LogP contribution in [0.1, 0.15) is 24.1 Å². The number of methoxy groups -OCH3 is 1. The standard InChI is InChI=1S/C19H22N2O3/c1-14(16-11-7-4-8-12-16)20-19(23)21-17(18(22)24-2)13-15-9-5-3-6-10-15/h3-12,14,17H,13H2,1-2H3,(H2,20,21,23)/t14?,17-/m0/s1. The first kappa shape index (κ1) is 17.5. The van der Waals surface area contributed by atoms with Gasteiger partial charge < -0.3 is 15.4 Å². The molecule has 0 bridgehead atoms. The Morgan fingerprint density at radius 3 is 2.12 bits per heavy atom. The summed E-state index contributed by atoms with van der Waals surface area (Å²) in [4.78, 5) is 24.2. The zero-order chi connectivity index (χ0) is 17.4. The highest BCUT2D eigenvalue weighted by Crippen LogP contribution is 2.11. The fourth-order valence-electron chi connectivity index (χ4n) is 2.41. The maximum atomic E-state index is 12.2. The minimum Gasteiger partial charge on any atom is -0.467 e. The smallest absolute Gasteiger partial charge is 0.328 e. The highest BCUT2D eigenvalue weighted by molar-refractivity contribution is 5.84. The molecule has 0 saturated heterocycles. The van der Waals surface area contributed by atoms with Crippen LogP contribution >= 0.6 is 0 Å². The van der Waals surface area contributed by atoms with Crippen LogP contribution in [0.2, 0.25) is 0 Å². The molecule has 0 aliphatic carbocycles. The van der Waals surface area contributed by atoms with E-state index in [0.717, 1.165) is 11.1 Å². The van der Waals surface area contributed by atoms with E-state index in [2.05, 4.69) is 10.6 Å². The first-order valence-electron chi connectivity index (χ1n) is 7.84. The molecule has 1 unspecified atom stereocenters. The van der Waals surface area contributed by atoms with Crippen molar-refractivity contribution >= 4 is 12.0 Å². The van der Waals surface area contributed by atoms with E-state index >= 15 is 0 Å². The van der Waals surface area contributed by atoms with Gasteiger partial charge in [-0.2, -0.15) is 0 Å². The maximum Gasteiger partial charge on any atom is 0.328 e. The van der Waals surface area contributed by atoms with Crippen LogP contribution in [0.5, 0.6) is 0 Å². The van der Waals surface area contributed by atoms with Crippen LogP contribution in [-0.4, -0.2) is 25.2 Å². The van der Waals surface area contributed by atoms with Crippen molar-refractivity contribution in [3.63, 3.8) is 0 Å². The summed E-state index contributed by atoms with van der Waals surface area (Å²) in [6.07, 6.45) is 0.376. The van der Waals surface area contributed by atoms with Gasteiger partial charge in [0.15, 0.2) is 0 Å². The van der Waals surface area contributed by atoms with E-state index in [-0.39, 0.29) is 6.04 Å². The van der Waals surface area contributed by atoms with Gasteiger partial charge >= 0.3 is 12.0 Å². The predicted octanol–water partition coefficient (Wildman–Crippen LogP) is 2.83. The van der Waals surface area contributed by atoms with Crippen LogP contribution in [0, 0.1) is 0 Å². The predicted molar refractivity (Wildman–Crippen MR) is 92.5 cm³/mol. The Bertz CT molecular complexity index is 659. The van der Waals surface area contributed by atoms with Gasteiger partial charge in [0.2, 0.25) is 0 Å². The lowest BCUT2D eigenvalue weighted by atomic mass is 10.1. The number of ether oxygens (including phenoxy) is 1. The first-order chi connectivity index (χ1) is 11.6. The number of benzene rings is 2. The van der Waals surface area contributed by atoms with Gasteiger partial charge in [-0.15, -0.1) is 0 Å². The van der Waals surface area contributed by atoms with Gasteiger partial charge in [-0.05, 0) is 18.1 Å². The van der Waals surface area contributed by atoms with Gasteiger partial charge in [0.05, 0.1) is 13.2 Å². The summed E-state index contributed by atoms with van der Waals surface area (Å²) in [5.41, 5.74) is 1.94. The Labute approximate surface area is 142 Å². The van der Waals surface area contributed by atoms with E-state index in [1.807, 2.05) is 67.6 Å². The number of urea groups is 1. The fourth-order valence-corrected chi connectivity index (χ4v) is 2.41. The van der Waals surface area contributed by atoms with Gasteiger partial charge in [-0.25, -0.2) is 9.59 Å². The SMILES string of the molecule is COC(=O)[C@H](Cc1ccccc1)NC(=O)NC(C)c1ccccc1. The topological polar surface area (TPSA) is 67.4 Å². The van der Waals surface area contributed by atoms with Crippen molar-refractivity contribution in [2.45, 2.75) is 25.4 Å². The van der Waals surface area contributed by atoms with E-state index in [1.165, 1.54) is 7.11 Å². The van der Waals surface area contributed by atoms with Crippen molar-refractivity contribution in [1.29, 1.82) is 0 Å². The van der Waals surface area contributed by atoms with E-state index in [4.69, 9.17) is 4.74 Å². The zero-order valence-electron chi connectivity index (χ0n) is 13.9. The number of esters is 1. The van der Waals surface area contributed by atoms with Crippen molar-refractivity contribution < 1.29 is 14.3 Å². The molecule has 0 radical (unpaired) electrons. The Balaban J connectivity index is 1.98. The number of nitrogens with one attached hydrogen (secondary N) is 2. The molecule has 126 valence electrons. The fraction of sp³-hybridized carbons (Fsp3) is 0.263. The Hall–Kier alpha value is -2.82. The van der Waals surface area contributed by atoms with Crippen LogP contribution in [0.25, 0.3) is 0 Å². The van der Waals surface area contributed by atoms with Crippen LogP contribution in [0.4, 0.5) is 4.79 Å². The summed E-state index contributed by atoms with van der Waals surface area (Å²) < 4.78 is 4.79. The van der Waals surface area contributed by atoms with Gasteiger partial charge in [0, 0.05) is 6.42 Å². The second kappa shape index (κ2) is 8.72. The molecule has 0 fully saturated rings. The third-order valence-electron chi connectivity index (χ3n) is 3.72. The summed E-state index contributed by atoms with van der Waals surface area (Å²) in [6.45, 7) is 1.89. The molecule has 2 atom stereocenters. The molecule has 0 spiro atoms. The summed E-state index contributed by atoms with van der Waals surface area (Å²) in [5.74, 6) is -0.471. The molecule has 2 aromatic carbocycles. The molecule has 0 saturated carbocycles. The van der Waals surface area contributed by atoms with Crippen LogP contribution in [-0.2, 0) is 16.0 Å². The molecule has 2 aromatic rings. The normalized spacial score (nSPS) is 12.8. The van der Waals surface area contributed by atoms with Crippen LogP contribution < -0.4 is 10.6 Å². The minimum absolute atomic E-state index is 0.166. The summed E-state index contributed by atoms with van der Waals surface area (Å²) in [7, 11) is 1.31. The molecule has 5 heteroatoms. The number of rotatable bonds is 6. The third kappa shape index (κ3) is 5.12. The largest absolute Gasteiger partial charge is 0.467 e. The van der Waals surface area contributed by atoms with Crippen molar-refractivity contribution in [2.75, 3.05) is 7.11 Å². The Morgan fingerprint density at radius 1 is 0.958 bits per heavy atom. The number of hydrogen-bond acceptors (Lipinski definition) is 3. The van der Waals surface area contributed by atoms with Crippen molar-refractivity contribution in [3.05, 3.63) is 71.8 Å². The number of amides is 2. The molecule has 5 nitrogen and oxygen atoms in total.